The second-order valence-electron chi connectivity index (χ2n) is 7.01. The Morgan fingerprint density at radius 1 is 1.15 bits per heavy atom. The molecular formula is C23H25NO2. The molecule has 1 heterocycles. The van der Waals surface area contributed by atoms with Crippen molar-refractivity contribution in [2.75, 3.05) is 6.61 Å². The van der Waals surface area contributed by atoms with Crippen molar-refractivity contribution in [2.24, 2.45) is 0 Å². The number of hydrogen-bond acceptors (Lipinski definition) is 3. The first-order valence-electron chi connectivity index (χ1n) is 9.54. The summed E-state index contributed by atoms with van der Waals surface area (Å²) in [5.74, 6) is 3.29. The van der Waals surface area contributed by atoms with Gasteiger partial charge < -0.3 is 9.15 Å². The molecule has 3 nitrogen and oxygen atoms in total. The lowest BCUT2D eigenvalue weighted by Gasteiger charge is -2.09. The summed E-state index contributed by atoms with van der Waals surface area (Å²) in [6.45, 7) is 5.01. The van der Waals surface area contributed by atoms with Crippen LogP contribution in [-0.2, 0) is 19.3 Å². The van der Waals surface area contributed by atoms with Gasteiger partial charge in [-0.2, -0.15) is 0 Å². The van der Waals surface area contributed by atoms with Crippen LogP contribution in [0.4, 0.5) is 0 Å². The molecule has 1 aliphatic carbocycles. The van der Waals surface area contributed by atoms with Gasteiger partial charge in [-0.1, -0.05) is 38.1 Å². The van der Waals surface area contributed by atoms with Crippen LogP contribution in [0.5, 0.6) is 5.75 Å². The summed E-state index contributed by atoms with van der Waals surface area (Å²) in [6.07, 6.45) is 4.01. The average molecular weight is 347 g/mol. The molecule has 0 saturated heterocycles. The van der Waals surface area contributed by atoms with E-state index in [2.05, 4.69) is 32.0 Å². The van der Waals surface area contributed by atoms with Crippen LogP contribution in [0, 0.1) is 0 Å². The number of ether oxygens (including phenoxy) is 1. The van der Waals surface area contributed by atoms with Gasteiger partial charge in [-0.15, -0.1) is 0 Å². The number of hydrogen-bond donors (Lipinski definition) is 0. The van der Waals surface area contributed by atoms with Gasteiger partial charge >= 0.3 is 0 Å². The molecule has 1 aliphatic rings. The second kappa shape index (κ2) is 7.36. The van der Waals surface area contributed by atoms with Gasteiger partial charge in [-0.05, 0) is 54.2 Å². The Balaban J connectivity index is 1.43. The molecular weight excluding hydrogens is 322 g/mol. The van der Waals surface area contributed by atoms with E-state index in [-0.39, 0.29) is 0 Å². The molecule has 0 bridgehead atoms. The first-order chi connectivity index (χ1) is 12.7. The lowest BCUT2D eigenvalue weighted by atomic mass is 10.0. The molecule has 0 N–H and O–H groups in total. The van der Waals surface area contributed by atoms with Crippen molar-refractivity contribution in [1.82, 2.24) is 4.98 Å². The minimum absolute atomic E-state index is 0.613. The third-order valence-corrected chi connectivity index (χ3v) is 5.22. The van der Waals surface area contributed by atoms with Crippen molar-refractivity contribution >= 4 is 0 Å². The maximum atomic E-state index is 6.00. The first kappa shape index (κ1) is 16.9. The molecule has 4 rings (SSSR count). The minimum atomic E-state index is 0.613. The Hall–Kier alpha value is -2.55. The Morgan fingerprint density at radius 3 is 2.81 bits per heavy atom. The van der Waals surface area contributed by atoms with Gasteiger partial charge in [0.25, 0.3) is 0 Å². The van der Waals surface area contributed by atoms with E-state index < -0.39 is 0 Å². The summed E-state index contributed by atoms with van der Waals surface area (Å²) in [5, 5.41) is 0. The van der Waals surface area contributed by atoms with Crippen LogP contribution in [0.25, 0.3) is 11.5 Å². The Kier molecular flexibility index (Phi) is 4.79. The van der Waals surface area contributed by atoms with Crippen LogP contribution in [0.2, 0.25) is 0 Å². The number of fused-ring (bicyclic) bond motifs is 1. The molecule has 1 unspecified atom stereocenters. The number of rotatable bonds is 6. The molecule has 1 aromatic heterocycles. The summed E-state index contributed by atoms with van der Waals surface area (Å²) in [4.78, 5) is 4.70. The van der Waals surface area contributed by atoms with Crippen molar-refractivity contribution in [2.45, 2.75) is 45.4 Å². The van der Waals surface area contributed by atoms with Crippen molar-refractivity contribution in [3.63, 3.8) is 0 Å². The summed E-state index contributed by atoms with van der Waals surface area (Å²) < 4.78 is 12.0. The monoisotopic (exact) mass is 347 g/mol. The number of benzene rings is 2. The van der Waals surface area contributed by atoms with E-state index in [1.54, 1.807) is 0 Å². The highest BCUT2D eigenvalue weighted by Crippen LogP contribution is 2.34. The molecule has 0 saturated carbocycles. The zero-order valence-electron chi connectivity index (χ0n) is 15.5. The summed E-state index contributed by atoms with van der Waals surface area (Å²) >= 11 is 0. The zero-order valence-corrected chi connectivity index (χ0v) is 15.5. The second-order valence-corrected chi connectivity index (χ2v) is 7.01. The van der Waals surface area contributed by atoms with Gasteiger partial charge in [-0.25, -0.2) is 4.98 Å². The predicted molar refractivity (Wildman–Crippen MR) is 104 cm³/mol. The fourth-order valence-electron chi connectivity index (χ4n) is 3.72. The molecule has 26 heavy (non-hydrogen) atoms. The predicted octanol–water partition coefficient (Wildman–Crippen LogP) is 5.58. The smallest absolute Gasteiger partial charge is 0.226 e. The van der Waals surface area contributed by atoms with Gasteiger partial charge in [0.1, 0.15) is 11.5 Å². The molecule has 3 aromatic rings. The fraction of sp³-hybridized carbons (Fsp3) is 0.348. The highest BCUT2D eigenvalue weighted by Gasteiger charge is 2.19. The van der Waals surface area contributed by atoms with Crippen LogP contribution in [0.3, 0.4) is 0 Å². The molecule has 0 amide bonds. The number of aryl methyl sites for hydroxylation is 2. The van der Waals surface area contributed by atoms with E-state index in [1.807, 2.05) is 30.3 Å². The van der Waals surface area contributed by atoms with E-state index in [9.17, 15) is 0 Å². The van der Waals surface area contributed by atoms with Gasteiger partial charge in [0.05, 0.1) is 12.3 Å². The number of nitrogens with zero attached hydrogens (tertiary/aromatic N) is 1. The van der Waals surface area contributed by atoms with E-state index in [4.69, 9.17) is 14.1 Å². The maximum absolute atomic E-state index is 6.00. The Morgan fingerprint density at radius 2 is 2.00 bits per heavy atom. The molecule has 0 radical (unpaired) electrons. The molecule has 0 spiro atoms. The van der Waals surface area contributed by atoms with Crippen molar-refractivity contribution in [3.05, 3.63) is 71.1 Å². The van der Waals surface area contributed by atoms with Crippen molar-refractivity contribution in [1.29, 1.82) is 0 Å². The van der Waals surface area contributed by atoms with E-state index in [1.165, 1.54) is 17.5 Å². The molecule has 1 atom stereocenters. The van der Waals surface area contributed by atoms with Crippen LogP contribution in [-0.4, -0.2) is 11.6 Å². The fourth-order valence-corrected chi connectivity index (χ4v) is 3.72. The van der Waals surface area contributed by atoms with Gasteiger partial charge in [0.15, 0.2) is 0 Å². The van der Waals surface area contributed by atoms with Gasteiger partial charge in [0, 0.05) is 18.4 Å². The summed E-state index contributed by atoms with van der Waals surface area (Å²) in [5.41, 5.74) is 4.94. The normalized spacial score (nSPS) is 15.8. The largest absolute Gasteiger partial charge is 0.493 e. The van der Waals surface area contributed by atoms with E-state index in [0.29, 0.717) is 18.4 Å². The van der Waals surface area contributed by atoms with Crippen LogP contribution in [0.15, 0.2) is 52.9 Å². The van der Waals surface area contributed by atoms with Crippen LogP contribution < -0.4 is 4.74 Å². The van der Waals surface area contributed by atoms with Crippen molar-refractivity contribution in [3.8, 4) is 17.2 Å². The quantitative estimate of drug-likeness (QED) is 0.584. The molecule has 0 aliphatic heterocycles. The lowest BCUT2D eigenvalue weighted by Crippen LogP contribution is -2.04. The number of oxazole rings is 1. The minimum Gasteiger partial charge on any atom is -0.493 e. The summed E-state index contributed by atoms with van der Waals surface area (Å²) in [7, 11) is 0. The first-order valence-corrected chi connectivity index (χ1v) is 9.54. The third-order valence-electron chi connectivity index (χ3n) is 5.22. The van der Waals surface area contributed by atoms with E-state index in [0.717, 1.165) is 42.0 Å². The SMILES string of the molecule is CCc1oc(-c2ccccc2)nc1CCOc1ccc2c(c1)CCC2C. The van der Waals surface area contributed by atoms with E-state index >= 15 is 0 Å². The summed E-state index contributed by atoms with van der Waals surface area (Å²) in [6, 6.07) is 16.6. The Labute approximate surface area is 155 Å². The standard InChI is InChI=1S/C23H25NO2/c1-3-22-21(24-23(26-22)17-7-5-4-6-8-17)13-14-25-19-11-12-20-16(2)9-10-18(20)15-19/h4-8,11-12,15-16H,3,9-10,13-14H2,1-2H3. The molecule has 2 aromatic carbocycles. The highest BCUT2D eigenvalue weighted by atomic mass is 16.5. The van der Waals surface area contributed by atoms with Gasteiger partial charge in [-0.3, -0.25) is 0 Å². The Bertz CT molecular complexity index is 882. The zero-order chi connectivity index (χ0) is 17.9. The number of aromatic nitrogens is 1. The topological polar surface area (TPSA) is 35.3 Å². The third kappa shape index (κ3) is 3.39. The maximum Gasteiger partial charge on any atom is 0.226 e. The van der Waals surface area contributed by atoms with Crippen LogP contribution in [0.1, 0.15) is 48.8 Å². The van der Waals surface area contributed by atoms with Gasteiger partial charge in [0.2, 0.25) is 5.89 Å². The molecule has 0 fully saturated rings. The van der Waals surface area contributed by atoms with Crippen molar-refractivity contribution < 1.29 is 9.15 Å². The van der Waals surface area contributed by atoms with Crippen LogP contribution >= 0.6 is 0 Å². The average Bonchev–Trinajstić information content (AvgIpc) is 3.26. The lowest BCUT2D eigenvalue weighted by molar-refractivity contribution is 0.319. The molecule has 3 heteroatoms. The molecule has 134 valence electrons. The highest BCUT2D eigenvalue weighted by molar-refractivity contribution is 5.53.